The molecule has 0 radical (unpaired) electrons. The number of benzene rings is 1. The Labute approximate surface area is 123 Å². The quantitative estimate of drug-likeness (QED) is 0.936. The van der Waals surface area contributed by atoms with Crippen molar-refractivity contribution in [3.8, 4) is 11.3 Å². The van der Waals surface area contributed by atoms with Gasteiger partial charge in [0.05, 0.1) is 18.2 Å². The maximum absolute atomic E-state index is 11.2. The molecule has 1 saturated heterocycles. The fraction of sp³-hybridized carbons (Fsp3) is 0.375. The zero-order valence-electron chi connectivity index (χ0n) is 12.0. The summed E-state index contributed by atoms with van der Waals surface area (Å²) in [6.07, 6.45) is 2.38. The van der Waals surface area contributed by atoms with Crippen LogP contribution in [0.25, 0.3) is 11.3 Å². The van der Waals surface area contributed by atoms with E-state index >= 15 is 0 Å². The van der Waals surface area contributed by atoms with E-state index in [1.165, 1.54) is 0 Å². The van der Waals surface area contributed by atoms with Gasteiger partial charge in [-0.25, -0.2) is 4.98 Å². The molecule has 0 bridgehead atoms. The van der Waals surface area contributed by atoms with Gasteiger partial charge < -0.3 is 9.52 Å². The summed E-state index contributed by atoms with van der Waals surface area (Å²) in [5.74, 6) is 0.636. The van der Waals surface area contributed by atoms with Crippen molar-refractivity contribution in [3.63, 3.8) is 0 Å². The third kappa shape index (κ3) is 2.83. The molecule has 110 valence electrons. The van der Waals surface area contributed by atoms with Gasteiger partial charge in [-0.05, 0) is 19.9 Å². The highest BCUT2D eigenvalue weighted by Gasteiger charge is 2.40. The Kier molecular flexibility index (Phi) is 3.51. The Morgan fingerprint density at radius 2 is 2.19 bits per heavy atom. The van der Waals surface area contributed by atoms with Gasteiger partial charge in [-0.1, -0.05) is 30.3 Å². The Balaban J connectivity index is 1.68. The topological polar surface area (TPSA) is 66.6 Å². The first-order chi connectivity index (χ1) is 10.1. The van der Waals surface area contributed by atoms with Gasteiger partial charge in [0.25, 0.3) is 0 Å². The molecule has 21 heavy (non-hydrogen) atoms. The Morgan fingerprint density at radius 3 is 2.86 bits per heavy atom. The molecule has 5 heteroatoms. The van der Waals surface area contributed by atoms with Gasteiger partial charge in [-0.3, -0.25) is 9.69 Å². The number of nitrogens with zero attached hydrogens (tertiary/aromatic N) is 2. The van der Waals surface area contributed by atoms with Crippen molar-refractivity contribution in [3.05, 3.63) is 42.4 Å². The van der Waals surface area contributed by atoms with Crippen LogP contribution in [0.2, 0.25) is 0 Å². The lowest BCUT2D eigenvalue weighted by molar-refractivity contribution is -0.147. The summed E-state index contributed by atoms with van der Waals surface area (Å²) in [7, 11) is 0. The van der Waals surface area contributed by atoms with Crippen LogP contribution in [0.3, 0.4) is 0 Å². The van der Waals surface area contributed by atoms with Crippen LogP contribution in [-0.4, -0.2) is 34.0 Å². The van der Waals surface area contributed by atoms with Gasteiger partial charge >= 0.3 is 5.97 Å². The van der Waals surface area contributed by atoms with Gasteiger partial charge in [0.1, 0.15) is 0 Å². The molecule has 0 saturated carbocycles. The van der Waals surface area contributed by atoms with Crippen molar-refractivity contribution in [1.29, 1.82) is 0 Å². The third-order valence-electron chi connectivity index (χ3n) is 4.04. The number of aliphatic carboxylic acids is 1. The zero-order chi connectivity index (χ0) is 14.9. The summed E-state index contributed by atoms with van der Waals surface area (Å²) in [5.41, 5.74) is 0.336. The first-order valence-electron chi connectivity index (χ1n) is 7.03. The van der Waals surface area contributed by atoms with E-state index in [1.807, 2.05) is 30.3 Å². The van der Waals surface area contributed by atoms with E-state index in [1.54, 1.807) is 13.1 Å². The number of carbonyl (C=O) groups is 1. The number of likely N-dealkylation sites (tertiary alicyclic amines) is 1. The number of hydrogen-bond donors (Lipinski definition) is 1. The monoisotopic (exact) mass is 286 g/mol. The molecule has 3 rings (SSSR count). The molecule has 0 spiro atoms. The van der Waals surface area contributed by atoms with Crippen LogP contribution in [0.5, 0.6) is 0 Å². The van der Waals surface area contributed by atoms with Gasteiger partial charge in [0.2, 0.25) is 5.89 Å². The van der Waals surface area contributed by atoms with E-state index < -0.39 is 11.4 Å². The zero-order valence-corrected chi connectivity index (χ0v) is 12.0. The summed E-state index contributed by atoms with van der Waals surface area (Å²) in [6.45, 7) is 3.63. The van der Waals surface area contributed by atoms with Gasteiger partial charge in [0, 0.05) is 12.1 Å². The molecule has 1 aliphatic rings. The summed E-state index contributed by atoms with van der Waals surface area (Å²) in [6, 6.07) is 9.81. The number of rotatable bonds is 4. The van der Waals surface area contributed by atoms with Crippen LogP contribution in [0.4, 0.5) is 0 Å². The van der Waals surface area contributed by atoms with E-state index in [2.05, 4.69) is 9.88 Å². The second kappa shape index (κ2) is 5.33. The molecule has 5 nitrogen and oxygen atoms in total. The van der Waals surface area contributed by atoms with E-state index in [0.717, 1.165) is 17.9 Å². The minimum absolute atomic E-state index is 0.533. The molecule has 1 aromatic heterocycles. The molecule has 2 heterocycles. The summed E-state index contributed by atoms with van der Waals surface area (Å²) >= 11 is 0. The number of aromatic nitrogens is 1. The molecule has 1 N–H and O–H groups in total. The normalized spacial score (nSPS) is 22.5. The van der Waals surface area contributed by atoms with Crippen molar-refractivity contribution in [2.45, 2.75) is 19.9 Å². The van der Waals surface area contributed by atoms with Crippen LogP contribution >= 0.6 is 0 Å². The highest BCUT2D eigenvalue weighted by Crippen LogP contribution is 2.31. The highest BCUT2D eigenvalue weighted by molar-refractivity contribution is 5.74. The molecule has 2 aromatic rings. The fourth-order valence-electron chi connectivity index (χ4n) is 2.68. The van der Waals surface area contributed by atoms with E-state index in [-0.39, 0.29) is 0 Å². The molecular weight excluding hydrogens is 268 g/mol. The smallest absolute Gasteiger partial charge is 0.310 e. The van der Waals surface area contributed by atoms with Crippen LogP contribution in [0, 0.1) is 5.41 Å². The van der Waals surface area contributed by atoms with Gasteiger partial charge in [0.15, 0.2) is 5.76 Å². The van der Waals surface area contributed by atoms with Crippen molar-refractivity contribution in [1.82, 2.24) is 9.88 Å². The first-order valence-corrected chi connectivity index (χ1v) is 7.03. The number of hydrogen-bond acceptors (Lipinski definition) is 4. The van der Waals surface area contributed by atoms with Crippen molar-refractivity contribution in [2.24, 2.45) is 5.41 Å². The molecule has 0 aliphatic carbocycles. The molecule has 1 aromatic carbocycles. The second-order valence-corrected chi connectivity index (χ2v) is 5.81. The predicted octanol–water partition coefficient (Wildman–Crippen LogP) is 2.64. The predicted molar refractivity (Wildman–Crippen MR) is 77.6 cm³/mol. The lowest BCUT2D eigenvalue weighted by Gasteiger charge is -2.18. The molecule has 1 unspecified atom stereocenters. The summed E-state index contributed by atoms with van der Waals surface area (Å²) in [5, 5.41) is 9.24. The molecule has 1 fully saturated rings. The number of carboxylic acids is 1. The molecule has 1 aliphatic heterocycles. The third-order valence-corrected chi connectivity index (χ3v) is 4.04. The minimum Gasteiger partial charge on any atom is -0.481 e. The average Bonchev–Trinajstić information content (AvgIpc) is 3.08. The summed E-state index contributed by atoms with van der Waals surface area (Å²) in [4.78, 5) is 17.6. The number of oxazole rings is 1. The Hall–Kier alpha value is -2.14. The van der Waals surface area contributed by atoms with Crippen LogP contribution < -0.4 is 0 Å². The van der Waals surface area contributed by atoms with Crippen molar-refractivity contribution in [2.75, 3.05) is 13.1 Å². The minimum atomic E-state index is -0.734. The van der Waals surface area contributed by atoms with Gasteiger partial charge in [-0.2, -0.15) is 0 Å². The average molecular weight is 286 g/mol. The summed E-state index contributed by atoms with van der Waals surface area (Å²) < 4.78 is 5.76. The first kappa shape index (κ1) is 13.8. The van der Waals surface area contributed by atoms with E-state index in [0.29, 0.717) is 25.4 Å². The van der Waals surface area contributed by atoms with Gasteiger partial charge in [-0.15, -0.1) is 0 Å². The van der Waals surface area contributed by atoms with Crippen LogP contribution in [0.15, 0.2) is 40.9 Å². The van der Waals surface area contributed by atoms with Crippen molar-refractivity contribution >= 4 is 5.97 Å². The Bertz CT molecular complexity index is 638. The lowest BCUT2D eigenvalue weighted by Crippen LogP contribution is -2.31. The SMILES string of the molecule is CC1(C(=O)O)CCN(Cc2ncc(-c3ccccc3)o2)C1. The molecule has 0 amide bonds. The standard InChI is InChI=1S/C16H18N2O3/c1-16(15(19)20)7-8-18(11-16)10-14-17-9-13(21-14)12-5-3-2-4-6-12/h2-6,9H,7-8,10-11H2,1H3,(H,19,20). The second-order valence-electron chi connectivity index (χ2n) is 5.81. The van der Waals surface area contributed by atoms with Crippen molar-refractivity contribution < 1.29 is 14.3 Å². The number of carboxylic acid groups (broad SMARTS) is 1. The lowest BCUT2D eigenvalue weighted by atomic mass is 9.90. The van der Waals surface area contributed by atoms with E-state index in [9.17, 15) is 9.90 Å². The Morgan fingerprint density at radius 1 is 1.43 bits per heavy atom. The van der Waals surface area contributed by atoms with E-state index in [4.69, 9.17) is 4.42 Å². The fourth-order valence-corrected chi connectivity index (χ4v) is 2.68. The molecular formula is C16H18N2O3. The maximum atomic E-state index is 11.2. The van der Waals surface area contributed by atoms with Crippen LogP contribution in [0.1, 0.15) is 19.2 Å². The van der Waals surface area contributed by atoms with Crippen LogP contribution in [-0.2, 0) is 11.3 Å². The highest BCUT2D eigenvalue weighted by atomic mass is 16.4. The molecule has 1 atom stereocenters. The largest absolute Gasteiger partial charge is 0.481 e. The maximum Gasteiger partial charge on any atom is 0.310 e.